The first-order valence-electron chi connectivity index (χ1n) is 5.24. The number of rotatable bonds is 2. The summed E-state index contributed by atoms with van der Waals surface area (Å²) in [5.74, 6) is 0.501. The number of hydrogen-bond donors (Lipinski definition) is 2. The molecule has 3 rings (SSSR count). The number of hydrogen-bond acceptors (Lipinski definition) is 4. The summed E-state index contributed by atoms with van der Waals surface area (Å²) in [6, 6.07) is 7.99. The largest absolute Gasteiger partial charge is 0.382 e. The van der Waals surface area contributed by atoms with Gasteiger partial charge in [-0.2, -0.15) is 5.10 Å². The first-order chi connectivity index (χ1) is 8.75. The molecule has 3 N–H and O–H groups in total. The Morgan fingerprint density at radius 3 is 2.67 bits per heavy atom. The van der Waals surface area contributed by atoms with Crippen LogP contribution in [0, 0.1) is 0 Å². The fourth-order valence-electron chi connectivity index (χ4n) is 1.78. The van der Waals surface area contributed by atoms with Crippen LogP contribution in [0.3, 0.4) is 0 Å². The van der Waals surface area contributed by atoms with Crippen molar-refractivity contribution in [2.24, 2.45) is 0 Å². The van der Waals surface area contributed by atoms with Gasteiger partial charge in [0.15, 0.2) is 5.82 Å². The highest BCUT2D eigenvalue weighted by Gasteiger charge is 2.15. The number of nitrogens with one attached hydrogen (secondary N) is 1. The molecule has 0 saturated carbocycles. The zero-order valence-electron chi connectivity index (χ0n) is 9.22. The third-order valence-corrected chi connectivity index (χ3v) is 3.93. The Morgan fingerprint density at radius 1 is 1.22 bits per heavy atom. The third-order valence-electron chi connectivity index (χ3n) is 2.61. The second kappa shape index (κ2) is 4.55. The third kappa shape index (κ3) is 1.93. The lowest BCUT2D eigenvalue weighted by atomic mass is 10.1. The van der Waals surface area contributed by atoms with Gasteiger partial charge in [0.05, 0.1) is 21.6 Å². The highest BCUT2D eigenvalue weighted by Crippen LogP contribution is 2.36. The summed E-state index contributed by atoms with van der Waals surface area (Å²) in [6.45, 7) is 0. The quantitative estimate of drug-likeness (QED) is 0.758. The second-order valence-corrected chi connectivity index (χ2v) is 5.53. The number of thiazole rings is 1. The molecule has 0 bridgehead atoms. The molecule has 0 aliphatic rings. The Morgan fingerprint density at radius 2 is 2.00 bits per heavy atom. The molecule has 2 aromatic heterocycles. The topological polar surface area (TPSA) is 67.6 Å². The predicted octanol–water partition coefficient (Wildman–Crippen LogP) is 3.54. The van der Waals surface area contributed by atoms with E-state index < -0.39 is 0 Å². The Balaban J connectivity index is 2.17. The van der Waals surface area contributed by atoms with E-state index in [1.54, 1.807) is 23.0 Å². The van der Waals surface area contributed by atoms with E-state index in [4.69, 9.17) is 5.73 Å². The Bertz CT molecular complexity index is 658. The number of halogens is 1. The van der Waals surface area contributed by atoms with E-state index in [9.17, 15) is 0 Å². The number of benzene rings is 1. The van der Waals surface area contributed by atoms with Crippen LogP contribution < -0.4 is 5.73 Å². The molecule has 0 aliphatic carbocycles. The van der Waals surface area contributed by atoms with Gasteiger partial charge in [0.1, 0.15) is 0 Å². The van der Waals surface area contributed by atoms with Crippen molar-refractivity contribution in [2.45, 2.75) is 0 Å². The maximum absolute atomic E-state index is 5.95. The predicted molar refractivity (Wildman–Crippen MR) is 77.2 cm³/mol. The minimum absolute atomic E-state index is 0.501. The zero-order valence-corrected chi connectivity index (χ0v) is 11.6. The van der Waals surface area contributed by atoms with Gasteiger partial charge in [-0.05, 0) is 17.7 Å². The molecule has 0 atom stereocenters. The van der Waals surface area contributed by atoms with Gasteiger partial charge in [-0.3, -0.25) is 10.1 Å². The normalized spacial score (nSPS) is 10.7. The number of nitrogens with zero attached hydrogens (tertiary/aromatic N) is 2. The highest BCUT2D eigenvalue weighted by atomic mass is 79.9. The summed E-state index contributed by atoms with van der Waals surface area (Å²) in [4.78, 5) is 5.10. The van der Waals surface area contributed by atoms with Gasteiger partial charge in [-0.1, -0.05) is 28.1 Å². The average Bonchev–Trinajstić information content (AvgIpc) is 2.99. The van der Waals surface area contributed by atoms with Crippen LogP contribution in [0.15, 0.2) is 40.4 Å². The first-order valence-corrected chi connectivity index (χ1v) is 6.91. The van der Waals surface area contributed by atoms with Crippen LogP contribution in [-0.2, 0) is 0 Å². The molecule has 18 heavy (non-hydrogen) atoms. The van der Waals surface area contributed by atoms with Crippen LogP contribution in [0.1, 0.15) is 0 Å². The van der Waals surface area contributed by atoms with Crippen LogP contribution in [0.2, 0.25) is 0 Å². The van der Waals surface area contributed by atoms with E-state index >= 15 is 0 Å². The highest BCUT2D eigenvalue weighted by molar-refractivity contribution is 9.10. The van der Waals surface area contributed by atoms with E-state index in [2.05, 4.69) is 31.1 Å². The molecule has 0 saturated heterocycles. The maximum atomic E-state index is 5.95. The molecule has 1 aromatic carbocycles. The van der Waals surface area contributed by atoms with Crippen molar-refractivity contribution in [1.29, 1.82) is 0 Å². The lowest BCUT2D eigenvalue weighted by molar-refractivity contribution is 1.10. The molecule has 0 radical (unpaired) electrons. The minimum Gasteiger partial charge on any atom is -0.382 e. The van der Waals surface area contributed by atoms with Crippen LogP contribution in [0.5, 0.6) is 0 Å². The van der Waals surface area contributed by atoms with Gasteiger partial charge in [-0.25, -0.2) is 0 Å². The van der Waals surface area contributed by atoms with Crippen molar-refractivity contribution in [1.82, 2.24) is 15.2 Å². The number of H-pyrrole nitrogens is 1. The zero-order chi connectivity index (χ0) is 12.5. The van der Waals surface area contributed by atoms with Crippen molar-refractivity contribution < 1.29 is 0 Å². The summed E-state index contributed by atoms with van der Waals surface area (Å²) < 4.78 is 1.03. The van der Waals surface area contributed by atoms with E-state index in [0.717, 1.165) is 26.2 Å². The smallest absolute Gasteiger partial charge is 0.153 e. The first kappa shape index (κ1) is 11.4. The van der Waals surface area contributed by atoms with Crippen LogP contribution in [0.4, 0.5) is 5.82 Å². The van der Waals surface area contributed by atoms with Crippen LogP contribution in [0.25, 0.3) is 21.7 Å². The van der Waals surface area contributed by atoms with E-state index in [-0.39, 0.29) is 0 Å². The SMILES string of the molecule is Nc1n[nH]c(-c2cncs2)c1-c1ccc(Br)cc1. The maximum Gasteiger partial charge on any atom is 0.153 e. The van der Waals surface area contributed by atoms with Gasteiger partial charge < -0.3 is 5.73 Å². The summed E-state index contributed by atoms with van der Waals surface area (Å²) >= 11 is 4.98. The molecular weight excluding hydrogens is 312 g/mol. The average molecular weight is 321 g/mol. The number of nitrogen functional groups attached to an aromatic ring is 1. The Labute approximate surface area is 116 Å². The number of anilines is 1. The van der Waals surface area contributed by atoms with Crippen molar-refractivity contribution in [3.8, 4) is 21.7 Å². The molecule has 2 heterocycles. The molecule has 0 spiro atoms. The van der Waals surface area contributed by atoms with Gasteiger partial charge in [0.25, 0.3) is 0 Å². The molecule has 0 unspecified atom stereocenters. The molecule has 3 aromatic rings. The van der Waals surface area contributed by atoms with Crippen molar-refractivity contribution in [3.63, 3.8) is 0 Å². The standard InChI is InChI=1S/C12H9BrN4S/c13-8-3-1-7(2-4-8)10-11(16-17-12(10)14)9-5-15-6-18-9/h1-6H,(H3,14,16,17). The molecule has 0 aliphatic heterocycles. The van der Waals surface area contributed by atoms with Crippen molar-refractivity contribution >= 4 is 33.1 Å². The van der Waals surface area contributed by atoms with Gasteiger partial charge >= 0.3 is 0 Å². The van der Waals surface area contributed by atoms with Gasteiger partial charge in [0, 0.05) is 10.7 Å². The minimum atomic E-state index is 0.501. The second-order valence-electron chi connectivity index (χ2n) is 3.73. The van der Waals surface area contributed by atoms with Crippen LogP contribution in [-0.4, -0.2) is 15.2 Å². The fraction of sp³-hybridized carbons (Fsp3) is 0. The number of nitrogens with two attached hydrogens (primary N) is 1. The van der Waals surface area contributed by atoms with Crippen molar-refractivity contribution in [2.75, 3.05) is 5.73 Å². The fourth-order valence-corrected chi connectivity index (χ4v) is 2.67. The van der Waals surface area contributed by atoms with E-state index in [0.29, 0.717) is 5.82 Å². The molecule has 90 valence electrons. The summed E-state index contributed by atoms with van der Waals surface area (Å²) in [6.07, 6.45) is 1.81. The lowest BCUT2D eigenvalue weighted by Crippen LogP contribution is -1.88. The van der Waals surface area contributed by atoms with Crippen LogP contribution >= 0.6 is 27.3 Å². The molecule has 0 fully saturated rings. The Hall–Kier alpha value is -1.66. The molecular formula is C12H9BrN4S. The number of aromatic amines is 1. The molecule has 0 amide bonds. The summed E-state index contributed by atoms with van der Waals surface area (Å²) in [5, 5.41) is 7.06. The monoisotopic (exact) mass is 320 g/mol. The van der Waals surface area contributed by atoms with E-state index in [1.165, 1.54) is 0 Å². The summed E-state index contributed by atoms with van der Waals surface area (Å²) in [5.41, 5.74) is 10.6. The number of aromatic nitrogens is 3. The van der Waals surface area contributed by atoms with E-state index in [1.807, 2.05) is 24.3 Å². The van der Waals surface area contributed by atoms with Crippen molar-refractivity contribution in [3.05, 3.63) is 40.4 Å². The van der Waals surface area contributed by atoms with Gasteiger partial charge in [-0.15, -0.1) is 11.3 Å². The molecule has 6 heteroatoms. The molecule has 4 nitrogen and oxygen atoms in total. The Kier molecular flexibility index (Phi) is 2.89. The van der Waals surface area contributed by atoms with Gasteiger partial charge in [0.2, 0.25) is 0 Å². The summed E-state index contributed by atoms with van der Waals surface area (Å²) in [7, 11) is 0. The lowest BCUT2D eigenvalue weighted by Gasteiger charge is -2.02.